The SMILES string of the molecule is O=C(NC1CCCSC1)c1cc(Br)cnc1Cl. The van der Waals surface area contributed by atoms with Crippen molar-refractivity contribution in [2.45, 2.75) is 18.9 Å². The second kappa shape index (κ2) is 6.07. The van der Waals surface area contributed by atoms with Gasteiger partial charge >= 0.3 is 0 Å². The summed E-state index contributed by atoms with van der Waals surface area (Å²) in [6, 6.07) is 1.94. The first kappa shape index (κ1) is 13.2. The van der Waals surface area contributed by atoms with Gasteiger partial charge in [0.1, 0.15) is 5.15 Å². The highest BCUT2D eigenvalue weighted by Crippen LogP contribution is 2.20. The molecule has 1 atom stereocenters. The third-order valence-corrected chi connectivity index (χ3v) is 4.50. The van der Waals surface area contributed by atoms with Gasteiger partial charge in [-0.25, -0.2) is 4.98 Å². The first-order valence-corrected chi connectivity index (χ1v) is 7.69. The van der Waals surface area contributed by atoms with Gasteiger partial charge in [-0.05, 0) is 40.6 Å². The Morgan fingerprint density at radius 2 is 2.47 bits per heavy atom. The number of nitrogens with one attached hydrogen (secondary N) is 1. The third-order valence-electron chi connectivity index (χ3n) is 2.55. The van der Waals surface area contributed by atoms with Gasteiger partial charge in [-0.3, -0.25) is 4.79 Å². The number of thioether (sulfide) groups is 1. The largest absolute Gasteiger partial charge is 0.348 e. The number of halogens is 2. The third kappa shape index (κ3) is 3.60. The van der Waals surface area contributed by atoms with Crippen LogP contribution in [0.1, 0.15) is 23.2 Å². The molecule has 3 nitrogen and oxygen atoms in total. The van der Waals surface area contributed by atoms with Gasteiger partial charge in [0.25, 0.3) is 5.91 Å². The molecule has 1 aliphatic heterocycles. The van der Waals surface area contributed by atoms with Crippen molar-refractivity contribution in [2.24, 2.45) is 0 Å². The van der Waals surface area contributed by atoms with Crippen molar-refractivity contribution in [1.82, 2.24) is 10.3 Å². The van der Waals surface area contributed by atoms with Crippen molar-refractivity contribution in [3.63, 3.8) is 0 Å². The van der Waals surface area contributed by atoms with Crippen molar-refractivity contribution in [2.75, 3.05) is 11.5 Å². The fourth-order valence-electron chi connectivity index (χ4n) is 1.70. The van der Waals surface area contributed by atoms with Crippen LogP contribution in [-0.4, -0.2) is 28.4 Å². The van der Waals surface area contributed by atoms with E-state index in [1.54, 1.807) is 12.3 Å². The van der Waals surface area contributed by atoms with E-state index in [1.807, 2.05) is 11.8 Å². The average Bonchev–Trinajstić information content (AvgIpc) is 2.33. The van der Waals surface area contributed by atoms with Crippen molar-refractivity contribution < 1.29 is 4.79 Å². The van der Waals surface area contributed by atoms with Gasteiger partial charge in [0, 0.05) is 22.5 Å². The van der Waals surface area contributed by atoms with Gasteiger partial charge in [0.15, 0.2) is 0 Å². The van der Waals surface area contributed by atoms with Gasteiger partial charge in [0.05, 0.1) is 5.56 Å². The number of carbonyl (C=O) groups excluding carboxylic acids is 1. The number of carbonyl (C=O) groups is 1. The summed E-state index contributed by atoms with van der Waals surface area (Å²) in [6.45, 7) is 0. The summed E-state index contributed by atoms with van der Waals surface area (Å²) >= 11 is 11.1. The summed E-state index contributed by atoms with van der Waals surface area (Å²) in [7, 11) is 0. The second-order valence-corrected chi connectivity index (χ2v) is 6.30. The fraction of sp³-hybridized carbons (Fsp3) is 0.455. The number of pyridine rings is 1. The van der Waals surface area contributed by atoms with Gasteiger partial charge in [-0.15, -0.1) is 0 Å². The molecular weight excluding hydrogens is 324 g/mol. The topological polar surface area (TPSA) is 42.0 Å². The minimum Gasteiger partial charge on any atom is -0.348 e. The summed E-state index contributed by atoms with van der Waals surface area (Å²) in [4.78, 5) is 16.0. The molecule has 1 aliphatic rings. The minimum atomic E-state index is -0.142. The van der Waals surface area contributed by atoms with E-state index in [-0.39, 0.29) is 17.1 Å². The molecule has 1 amide bonds. The Kier molecular flexibility index (Phi) is 4.70. The lowest BCUT2D eigenvalue weighted by molar-refractivity contribution is 0.0938. The summed E-state index contributed by atoms with van der Waals surface area (Å²) in [6.07, 6.45) is 3.77. The predicted molar refractivity (Wildman–Crippen MR) is 74.8 cm³/mol. The van der Waals surface area contributed by atoms with Gasteiger partial charge in [-0.1, -0.05) is 11.6 Å². The molecular formula is C11H12BrClN2OS. The normalized spacial score (nSPS) is 20.0. The molecule has 0 aromatic carbocycles. The first-order chi connectivity index (χ1) is 8.16. The van der Waals surface area contributed by atoms with Gasteiger partial charge < -0.3 is 5.32 Å². The van der Waals surface area contributed by atoms with E-state index in [9.17, 15) is 4.79 Å². The Morgan fingerprint density at radius 3 is 3.18 bits per heavy atom. The van der Waals surface area contributed by atoms with Crippen molar-refractivity contribution >= 4 is 45.2 Å². The molecule has 1 unspecified atom stereocenters. The zero-order chi connectivity index (χ0) is 12.3. The lowest BCUT2D eigenvalue weighted by atomic mass is 10.1. The van der Waals surface area contributed by atoms with E-state index in [2.05, 4.69) is 26.2 Å². The van der Waals surface area contributed by atoms with E-state index in [1.165, 1.54) is 5.75 Å². The number of amides is 1. The van der Waals surface area contributed by atoms with Crippen LogP contribution in [0.5, 0.6) is 0 Å². The molecule has 17 heavy (non-hydrogen) atoms. The molecule has 1 fully saturated rings. The number of hydrogen-bond donors (Lipinski definition) is 1. The summed E-state index contributed by atoms with van der Waals surface area (Å²) in [5.41, 5.74) is 0.427. The average molecular weight is 336 g/mol. The highest BCUT2D eigenvalue weighted by atomic mass is 79.9. The molecule has 1 N–H and O–H groups in total. The molecule has 92 valence electrons. The van der Waals surface area contributed by atoms with Gasteiger partial charge in [-0.2, -0.15) is 11.8 Å². The summed E-state index contributed by atoms with van der Waals surface area (Å²) in [5.74, 6) is 2.02. The maximum absolute atomic E-state index is 12.0. The van der Waals surface area contributed by atoms with Crippen LogP contribution in [0.2, 0.25) is 5.15 Å². The molecule has 0 spiro atoms. The maximum atomic E-state index is 12.0. The van der Waals surface area contributed by atoms with Crippen LogP contribution in [0.4, 0.5) is 0 Å². The molecule has 2 rings (SSSR count). The minimum absolute atomic E-state index is 0.142. The zero-order valence-corrected chi connectivity index (χ0v) is 12.2. The van der Waals surface area contributed by atoms with E-state index >= 15 is 0 Å². The Labute approximate surface area is 118 Å². The van der Waals surface area contributed by atoms with Crippen molar-refractivity contribution in [3.05, 3.63) is 27.5 Å². The molecule has 2 heterocycles. The molecule has 0 radical (unpaired) electrons. The highest BCUT2D eigenvalue weighted by molar-refractivity contribution is 9.10. The number of rotatable bonds is 2. The maximum Gasteiger partial charge on any atom is 0.254 e. The monoisotopic (exact) mass is 334 g/mol. The van der Waals surface area contributed by atoms with E-state index in [0.717, 1.165) is 23.1 Å². The molecule has 0 aliphatic carbocycles. The standard InChI is InChI=1S/C11H12BrClN2OS/c12-7-4-9(10(13)14-5-7)11(16)15-8-2-1-3-17-6-8/h4-5,8H,1-3,6H2,(H,15,16). The van der Waals surface area contributed by atoms with Crippen molar-refractivity contribution in [1.29, 1.82) is 0 Å². The van der Waals surface area contributed by atoms with Crippen LogP contribution in [0.15, 0.2) is 16.7 Å². The van der Waals surface area contributed by atoms with Crippen LogP contribution < -0.4 is 5.32 Å². The Bertz CT molecular complexity index is 424. The Morgan fingerprint density at radius 1 is 1.65 bits per heavy atom. The molecule has 1 aromatic heterocycles. The lowest BCUT2D eigenvalue weighted by Crippen LogP contribution is -2.38. The van der Waals surface area contributed by atoms with E-state index < -0.39 is 0 Å². The second-order valence-electron chi connectivity index (χ2n) is 3.88. The quantitative estimate of drug-likeness (QED) is 0.844. The highest BCUT2D eigenvalue weighted by Gasteiger charge is 2.19. The van der Waals surface area contributed by atoms with Crippen LogP contribution >= 0.6 is 39.3 Å². The van der Waals surface area contributed by atoms with Crippen LogP contribution in [0.3, 0.4) is 0 Å². The fourth-order valence-corrected chi connectivity index (χ4v) is 3.29. The number of hydrogen-bond acceptors (Lipinski definition) is 3. The number of aromatic nitrogens is 1. The predicted octanol–water partition coefficient (Wildman–Crippen LogP) is 3.12. The Balaban J connectivity index is 2.05. The molecule has 1 saturated heterocycles. The molecule has 1 aromatic rings. The van der Waals surface area contributed by atoms with E-state index in [4.69, 9.17) is 11.6 Å². The first-order valence-electron chi connectivity index (χ1n) is 5.36. The molecule has 0 saturated carbocycles. The molecule has 6 heteroatoms. The molecule has 0 bridgehead atoms. The van der Waals surface area contributed by atoms with E-state index in [0.29, 0.717) is 5.56 Å². The Hall–Kier alpha value is -0.260. The van der Waals surface area contributed by atoms with Crippen LogP contribution in [-0.2, 0) is 0 Å². The van der Waals surface area contributed by atoms with Crippen molar-refractivity contribution in [3.8, 4) is 0 Å². The zero-order valence-electron chi connectivity index (χ0n) is 9.08. The van der Waals surface area contributed by atoms with Gasteiger partial charge in [0.2, 0.25) is 0 Å². The summed E-state index contributed by atoms with van der Waals surface area (Å²) < 4.78 is 0.755. The smallest absolute Gasteiger partial charge is 0.254 e. The number of nitrogens with zero attached hydrogens (tertiary/aromatic N) is 1. The van der Waals surface area contributed by atoms with Crippen LogP contribution in [0.25, 0.3) is 0 Å². The van der Waals surface area contributed by atoms with Crippen LogP contribution in [0, 0.1) is 0 Å². The lowest BCUT2D eigenvalue weighted by Gasteiger charge is -2.22. The summed E-state index contributed by atoms with van der Waals surface area (Å²) in [5, 5.41) is 3.24.